The molecule has 17 heavy (non-hydrogen) atoms. The van der Waals surface area contributed by atoms with E-state index in [4.69, 9.17) is 10.5 Å². The quantitative estimate of drug-likeness (QED) is 0.816. The predicted octanol–water partition coefficient (Wildman–Crippen LogP) is 1.72. The number of nitrogens with two attached hydrogens (primary N) is 1. The lowest BCUT2D eigenvalue weighted by Crippen LogP contribution is -2.50. The number of hydrogen-bond acceptors (Lipinski definition) is 3. The molecule has 0 bridgehead atoms. The van der Waals surface area contributed by atoms with E-state index < -0.39 is 0 Å². The van der Waals surface area contributed by atoms with Crippen LogP contribution in [0.3, 0.4) is 0 Å². The maximum Gasteiger partial charge on any atom is 0.0546 e. The molecule has 2 aliphatic rings. The van der Waals surface area contributed by atoms with Crippen LogP contribution < -0.4 is 5.73 Å². The number of rotatable bonds is 3. The molecule has 0 aromatic carbocycles. The van der Waals surface area contributed by atoms with Crippen LogP contribution in [0.15, 0.2) is 0 Å². The Morgan fingerprint density at radius 1 is 1.35 bits per heavy atom. The van der Waals surface area contributed by atoms with Crippen LogP contribution in [0.1, 0.15) is 33.1 Å². The number of nitrogens with zero attached hydrogens (tertiary/aromatic N) is 1. The first-order valence-electron chi connectivity index (χ1n) is 7.15. The van der Waals surface area contributed by atoms with Gasteiger partial charge >= 0.3 is 0 Å². The van der Waals surface area contributed by atoms with Gasteiger partial charge in [0.05, 0.1) is 6.61 Å². The van der Waals surface area contributed by atoms with E-state index in [1.807, 2.05) is 0 Å². The Labute approximate surface area is 106 Å². The number of piperidine rings is 1. The molecule has 2 heterocycles. The molecule has 3 atom stereocenters. The van der Waals surface area contributed by atoms with Gasteiger partial charge in [-0.05, 0) is 37.6 Å². The third-order valence-electron chi connectivity index (χ3n) is 4.81. The van der Waals surface area contributed by atoms with Crippen molar-refractivity contribution in [3.63, 3.8) is 0 Å². The fourth-order valence-corrected chi connectivity index (χ4v) is 3.23. The van der Waals surface area contributed by atoms with E-state index in [1.54, 1.807) is 0 Å². The van der Waals surface area contributed by atoms with Gasteiger partial charge in [0.1, 0.15) is 0 Å². The number of hydrogen-bond donors (Lipinski definition) is 1. The van der Waals surface area contributed by atoms with Gasteiger partial charge in [0, 0.05) is 31.7 Å². The van der Waals surface area contributed by atoms with E-state index in [9.17, 15) is 0 Å². The lowest BCUT2D eigenvalue weighted by molar-refractivity contribution is -0.0303. The maximum atomic E-state index is 6.01. The Morgan fingerprint density at radius 2 is 2.18 bits per heavy atom. The van der Waals surface area contributed by atoms with E-state index in [0.717, 1.165) is 38.1 Å². The highest BCUT2D eigenvalue weighted by Crippen LogP contribution is 2.31. The minimum atomic E-state index is 0.235. The molecule has 0 amide bonds. The van der Waals surface area contributed by atoms with Gasteiger partial charge in [-0.2, -0.15) is 0 Å². The summed E-state index contributed by atoms with van der Waals surface area (Å²) in [6.45, 7) is 10.9. The van der Waals surface area contributed by atoms with Crippen molar-refractivity contribution in [2.45, 2.75) is 33.1 Å². The van der Waals surface area contributed by atoms with E-state index >= 15 is 0 Å². The Bertz CT molecular complexity index is 238. The largest absolute Gasteiger partial charge is 0.381 e. The van der Waals surface area contributed by atoms with Gasteiger partial charge in [-0.1, -0.05) is 13.8 Å². The highest BCUT2D eigenvalue weighted by Gasteiger charge is 2.35. The average Bonchev–Trinajstić information content (AvgIpc) is 2.35. The fourth-order valence-electron chi connectivity index (χ4n) is 3.23. The lowest BCUT2D eigenvalue weighted by Gasteiger charge is -2.43. The molecule has 100 valence electrons. The molecule has 2 aliphatic heterocycles. The zero-order chi connectivity index (χ0) is 12.3. The van der Waals surface area contributed by atoms with Crippen molar-refractivity contribution in [3.05, 3.63) is 0 Å². The zero-order valence-electron chi connectivity index (χ0n) is 11.5. The molecule has 0 spiro atoms. The second kappa shape index (κ2) is 5.68. The zero-order valence-corrected chi connectivity index (χ0v) is 11.5. The van der Waals surface area contributed by atoms with E-state index in [2.05, 4.69) is 18.7 Å². The lowest BCUT2D eigenvalue weighted by atomic mass is 9.80. The summed E-state index contributed by atoms with van der Waals surface area (Å²) in [5.41, 5.74) is 6.25. The van der Waals surface area contributed by atoms with Crippen LogP contribution in [0.5, 0.6) is 0 Å². The van der Waals surface area contributed by atoms with E-state index in [-0.39, 0.29) is 5.41 Å². The molecule has 3 nitrogen and oxygen atoms in total. The van der Waals surface area contributed by atoms with Gasteiger partial charge < -0.3 is 15.4 Å². The normalized spacial score (nSPS) is 40.4. The van der Waals surface area contributed by atoms with Gasteiger partial charge in [-0.25, -0.2) is 0 Å². The van der Waals surface area contributed by atoms with Crippen molar-refractivity contribution in [2.75, 3.05) is 39.4 Å². The van der Waals surface area contributed by atoms with Gasteiger partial charge in [-0.15, -0.1) is 0 Å². The first-order chi connectivity index (χ1) is 8.15. The van der Waals surface area contributed by atoms with Crippen molar-refractivity contribution in [2.24, 2.45) is 23.0 Å². The first-order valence-corrected chi connectivity index (χ1v) is 7.15. The molecular formula is C14H28N2O. The van der Waals surface area contributed by atoms with Gasteiger partial charge in [0.15, 0.2) is 0 Å². The third-order valence-corrected chi connectivity index (χ3v) is 4.81. The monoisotopic (exact) mass is 240 g/mol. The summed E-state index contributed by atoms with van der Waals surface area (Å²) in [4.78, 5) is 2.62. The molecule has 2 fully saturated rings. The topological polar surface area (TPSA) is 38.5 Å². The summed E-state index contributed by atoms with van der Waals surface area (Å²) in [7, 11) is 0. The minimum absolute atomic E-state index is 0.235. The van der Waals surface area contributed by atoms with Crippen molar-refractivity contribution < 1.29 is 4.74 Å². The SMILES string of the molecule is CC1CCN(CC2(CN)CCCOC2)CC1C. The molecule has 0 radical (unpaired) electrons. The molecule has 0 aliphatic carbocycles. The smallest absolute Gasteiger partial charge is 0.0546 e. The van der Waals surface area contributed by atoms with Crippen molar-refractivity contribution in [1.29, 1.82) is 0 Å². The van der Waals surface area contributed by atoms with Crippen LogP contribution in [0, 0.1) is 17.3 Å². The highest BCUT2D eigenvalue weighted by atomic mass is 16.5. The molecule has 2 rings (SSSR count). The molecular weight excluding hydrogens is 212 g/mol. The second-order valence-electron chi connectivity index (χ2n) is 6.34. The molecule has 0 saturated carbocycles. The van der Waals surface area contributed by atoms with Crippen molar-refractivity contribution in [1.82, 2.24) is 4.90 Å². The second-order valence-corrected chi connectivity index (χ2v) is 6.34. The van der Waals surface area contributed by atoms with Crippen LogP contribution >= 0.6 is 0 Å². The maximum absolute atomic E-state index is 6.01. The van der Waals surface area contributed by atoms with Crippen molar-refractivity contribution >= 4 is 0 Å². The number of likely N-dealkylation sites (tertiary alicyclic amines) is 1. The summed E-state index contributed by atoms with van der Waals surface area (Å²) < 4.78 is 5.66. The van der Waals surface area contributed by atoms with Crippen LogP contribution in [-0.2, 0) is 4.74 Å². The Hall–Kier alpha value is -0.120. The van der Waals surface area contributed by atoms with Crippen LogP contribution in [0.25, 0.3) is 0 Å². The summed E-state index contributed by atoms with van der Waals surface area (Å²) >= 11 is 0. The molecule has 3 heteroatoms. The summed E-state index contributed by atoms with van der Waals surface area (Å²) in [5, 5.41) is 0. The molecule has 2 saturated heterocycles. The highest BCUT2D eigenvalue weighted by molar-refractivity contribution is 4.88. The molecule has 2 N–H and O–H groups in total. The summed E-state index contributed by atoms with van der Waals surface area (Å²) in [6.07, 6.45) is 3.75. The van der Waals surface area contributed by atoms with Crippen LogP contribution in [0.2, 0.25) is 0 Å². The Morgan fingerprint density at radius 3 is 2.76 bits per heavy atom. The van der Waals surface area contributed by atoms with Gasteiger partial charge in [0.25, 0.3) is 0 Å². The standard InChI is InChI=1S/C14H28N2O/c1-12-4-6-16(8-13(12)2)10-14(9-15)5-3-7-17-11-14/h12-13H,3-11,15H2,1-2H3. The molecule has 3 unspecified atom stereocenters. The third kappa shape index (κ3) is 3.21. The summed E-state index contributed by atoms with van der Waals surface area (Å²) in [6, 6.07) is 0. The van der Waals surface area contributed by atoms with Crippen LogP contribution in [0.4, 0.5) is 0 Å². The van der Waals surface area contributed by atoms with E-state index in [0.29, 0.717) is 0 Å². The average molecular weight is 240 g/mol. The first kappa shape index (κ1) is 13.3. The Kier molecular flexibility index (Phi) is 4.45. The minimum Gasteiger partial charge on any atom is -0.381 e. The van der Waals surface area contributed by atoms with Crippen LogP contribution in [-0.4, -0.2) is 44.3 Å². The van der Waals surface area contributed by atoms with Gasteiger partial charge in [-0.3, -0.25) is 0 Å². The fraction of sp³-hybridized carbons (Fsp3) is 1.00. The van der Waals surface area contributed by atoms with Crippen molar-refractivity contribution in [3.8, 4) is 0 Å². The molecule has 0 aromatic rings. The molecule has 0 aromatic heterocycles. The number of ether oxygens (including phenoxy) is 1. The summed E-state index contributed by atoms with van der Waals surface area (Å²) in [5.74, 6) is 1.70. The predicted molar refractivity (Wildman–Crippen MR) is 70.9 cm³/mol. The Balaban J connectivity index is 1.90. The van der Waals surface area contributed by atoms with Gasteiger partial charge in [0.2, 0.25) is 0 Å². The van der Waals surface area contributed by atoms with E-state index in [1.165, 1.54) is 32.4 Å².